The van der Waals surface area contributed by atoms with Crippen molar-refractivity contribution in [2.75, 3.05) is 11.9 Å². The van der Waals surface area contributed by atoms with E-state index in [0.717, 1.165) is 30.5 Å². The smallest absolute Gasteiger partial charge is 0.344 e. The zero-order chi connectivity index (χ0) is 21.9. The van der Waals surface area contributed by atoms with Crippen LogP contribution in [0.3, 0.4) is 0 Å². The number of amides is 1. The molecule has 0 saturated carbocycles. The minimum absolute atomic E-state index is 0.192. The van der Waals surface area contributed by atoms with E-state index in [0.29, 0.717) is 11.3 Å². The van der Waals surface area contributed by atoms with Crippen LogP contribution in [0.4, 0.5) is 5.69 Å². The lowest BCUT2D eigenvalue weighted by atomic mass is 10.1. The van der Waals surface area contributed by atoms with Crippen molar-refractivity contribution in [3.05, 3.63) is 95.6 Å². The standard InChI is InChI=1S/C26H27NO4/c1-2-3-7-20-10-14-23(15-11-20)27-26(29)22-12-16-24(17-13-22)30-19-25(28)31-18-21-8-5-4-6-9-21/h4-6,8-17H,2-3,7,18-19H2,1H3,(H,27,29). The lowest BCUT2D eigenvalue weighted by Gasteiger charge is -2.09. The first-order valence-corrected chi connectivity index (χ1v) is 10.5. The summed E-state index contributed by atoms with van der Waals surface area (Å²) in [5.74, 6) is -0.156. The molecule has 0 radical (unpaired) electrons. The fourth-order valence-corrected chi connectivity index (χ4v) is 2.96. The molecule has 0 bridgehead atoms. The Kier molecular flexibility index (Phi) is 8.23. The molecular formula is C26H27NO4. The molecule has 3 aromatic rings. The first-order valence-electron chi connectivity index (χ1n) is 10.5. The Morgan fingerprint density at radius 3 is 2.23 bits per heavy atom. The predicted molar refractivity (Wildman–Crippen MR) is 121 cm³/mol. The molecule has 0 aliphatic carbocycles. The summed E-state index contributed by atoms with van der Waals surface area (Å²) in [7, 11) is 0. The van der Waals surface area contributed by atoms with Gasteiger partial charge in [0.05, 0.1) is 0 Å². The number of unbranched alkanes of at least 4 members (excludes halogenated alkanes) is 1. The monoisotopic (exact) mass is 417 g/mol. The van der Waals surface area contributed by atoms with E-state index in [2.05, 4.69) is 12.2 Å². The number of ether oxygens (including phenoxy) is 2. The van der Waals surface area contributed by atoms with Crippen molar-refractivity contribution in [3.8, 4) is 5.75 Å². The van der Waals surface area contributed by atoms with Crippen molar-refractivity contribution >= 4 is 17.6 Å². The Morgan fingerprint density at radius 2 is 1.55 bits per heavy atom. The van der Waals surface area contributed by atoms with Crippen molar-refractivity contribution in [1.29, 1.82) is 0 Å². The Morgan fingerprint density at radius 1 is 0.839 bits per heavy atom. The summed E-state index contributed by atoms with van der Waals surface area (Å²) in [6.45, 7) is 2.19. The highest BCUT2D eigenvalue weighted by molar-refractivity contribution is 6.04. The highest BCUT2D eigenvalue weighted by atomic mass is 16.6. The van der Waals surface area contributed by atoms with Gasteiger partial charge in [-0.3, -0.25) is 4.79 Å². The molecule has 3 aromatic carbocycles. The molecule has 3 rings (SSSR count). The largest absolute Gasteiger partial charge is 0.482 e. The topological polar surface area (TPSA) is 64.6 Å². The third-order valence-corrected chi connectivity index (χ3v) is 4.75. The van der Waals surface area contributed by atoms with Crippen LogP contribution in [0.15, 0.2) is 78.9 Å². The van der Waals surface area contributed by atoms with Crippen LogP contribution in [0.1, 0.15) is 41.3 Å². The predicted octanol–water partition coefficient (Wildman–Crippen LogP) is 5.40. The molecule has 31 heavy (non-hydrogen) atoms. The van der Waals surface area contributed by atoms with Crippen LogP contribution in [0.2, 0.25) is 0 Å². The Balaban J connectivity index is 1.44. The lowest BCUT2D eigenvalue weighted by molar-refractivity contribution is -0.147. The van der Waals surface area contributed by atoms with Crippen molar-refractivity contribution < 1.29 is 19.1 Å². The zero-order valence-corrected chi connectivity index (χ0v) is 17.7. The maximum absolute atomic E-state index is 12.4. The average molecular weight is 418 g/mol. The number of esters is 1. The summed E-state index contributed by atoms with van der Waals surface area (Å²) < 4.78 is 10.6. The summed E-state index contributed by atoms with van der Waals surface area (Å²) in [5.41, 5.74) is 3.45. The number of carbonyl (C=O) groups excluding carboxylic acids is 2. The Bertz CT molecular complexity index is 967. The van der Waals surface area contributed by atoms with Crippen LogP contribution in [0.25, 0.3) is 0 Å². The molecule has 5 nitrogen and oxygen atoms in total. The number of nitrogens with one attached hydrogen (secondary N) is 1. The second kappa shape index (κ2) is 11.6. The van der Waals surface area contributed by atoms with Gasteiger partial charge in [-0.05, 0) is 60.4 Å². The van der Waals surface area contributed by atoms with E-state index in [4.69, 9.17) is 9.47 Å². The third kappa shape index (κ3) is 7.30. The molecule has 0 aromatic heterocycles. The van der Waals surface area contributed by atoms with Crippen LogP contribution in [0.5, 0.6) is 5.75 Å². The van der Waals surface area contributed by atoms with E-state index < -0.39 is 5.97 Å². The van der Waals surface area contributed by atoms with Gasteiger partial charge in [0.15, 0.2) is 6.61 Å². The summed E-state index contributed by atoms with van der Waals surface area (Å²) in [5, 5.41) is 2.89. The normalized spacial score (nSPS) is 10.4. The van der Waals surface area contributed by atoms with Gasteiger partial charge in [-0.25, -0.2) is 4.79 Å². The average Bonchev–Trinajstić information content (AvgIpc) is 2.82. The van der Waals surface area contributed by atoms with Gasteiger partial charge < -0.3 is 14.8 Å². The molecule has 1 amide bonds. The van der Waals surface area contributed by atoms with Gasteiger partial charge in [-0.15, -0.1) is 0 Å². The second-order valence-corrected chi connectivity index (χ2v) is 7.21. The summed E-state index contributed by atoms with van der Waals surface area (Å²) in [4.78, 5) is 24.3. The number of carbonyl (C=O) groups is 2. The van der Waals surface area contributed by atoms with Crippen molar-refractivity contribution in [2.45, 2.75) is 32.8 Å². The molecule has 0 aliphatic heterocycles. The zero-order valence-electron chi connectivity index (χ0n) is 17.7. The maximum Gasteiger partial charge on any atom is 0.344 e. The highest BCUT2D eigenvalue weighted by Gasteiger charge is 2.08. The van der Waals surface area contributed by atoms with E-state index >= 15 is 0 Å². The van der Waals surface area contributed by atoms with Crippen molar-refractivity contribution in [3.63, 3.8) is 0 Å². The molecule has 0 aliphatic rings. The molecule has 1 N–H and O–H groups in total. The van der Waals surface area contributed by atoms with Gasteiger partial charge in [-0.2, -0.15) is 0 Å². The van der Waals surface area contributed by atoms with Crippen LogP contribution < -0.4 is 10.1 Å². The van der Waals surface area contributed by atoms with Crippen molar-refractivity contribution in [1.82, 2.24) is 0 Å². The second-order valence-electron chi connectivity index (χ2n) is 7.21. The van der Waals surface area contributed by atoms with Crippen LogP contribution in [-0.2, 0) is 22.6 Å². The Hall–Kier alpha value is -3.60. The fourth-order valence-electron chi connectivity index (χ4n) is 2.96. The molecule has 5 heteroatoms. The number of hydrogen-bond donors (Lipinski definition) is 1. The number of aryl methyl sites for hydroxylation is 1. The van der Waals surface area contributed by atoms with Crippen molar-refractivity contribution in [2.24, 2.45) is 0 Å². The lowest BCUT2D eigenvalue weighted by Crippen LogP contribution is -2.15. The van der Waals surface area contributed by atoms with Crippen LogP contribution in [0, 0.1) is 0 Å². The van der Waals surface area contributed by atoms with Crippen LogP contribution in [-0.4, -0.2) is 18.5 Å². The van der Waals surface area contributed by atoms with E-state index in [-0.39, 0.29) is 19.1 Å². The summed E-state index contributed by atoms with van der Waals surface area (Å²) in [6, 6.07) is 24.0. The first kappa shape index (κ1) is 22.1. The van der Waals surface area contributed by atoms with Gasteiger partial charge in [0, 0.05) is 11.3 Å². The third-order valence-electron chi connectivity index (χ3n) is 4.75. The number of anilines is 1. The molecule has 0 fully saturated rings. The summed E-state index contributed by atoms with van der Waals surface area (Å²) >= 11 is 0. The van der Waals surface area contributed by atoms with Gasteiger partial charge >= 0.3 is 5.97 Å². The SMILES string of the molecule is CCCCc1ccc(NC(=O)c2ccc(OCC(=O)OCc3ccccc3)cc2)cc1. The van der Waals surface area contributed by atoms with E-state index in [1.807, 2.05) is 54.6 Å². The maximum atomic E-state index is 12.4. The molecule has 0 heterocycles. The first-order chi connectivity index (χ1) is 15.1. The number of hydrogen-bond acceptors (Lipinski definition) is 4. The van der Waals surface area contributed by atoms with Crippen LogP contribution >= 0.6 is 0 Å². The highest BCUT2D eigenvalue weighted by Crippen LogP contribution is 2.16. The van der Waals surface area contributed by atoms with E-state index in [1.54, 1.807) is 24.3 Å². The molecular weight excluding hydrogens is 390 g/mol. The summed E-state index contributed by atoms with van der Waals surface area (Å²) in [6.07, 6.45) is 3.37. The molecule has 0 atom stereocenters. The van der Waals surface area contributed by atoms with E-state index in [1.165, 1.54) is 5.56 Å². The van der Waals surface area contributed by atoms with E-state index in [9.17, 15) is 9.59 Å². The molecule has 0 unspecified atom stereocenters. The molecule has 0 spiro atoms. The van der Waals surface area contributed by atoms with Gasteiger partial charge in [-0.1, -0.05) is 55.8 Å². The fraction of sp³-hybridized carbons (Fsp3) is 0.231. The van der Waals surface area contributed by atoms with Gasteiger partial charge in [0.2, 0.25) is 0 Å². The molecule has 0 saturated heterocycles. The quantitative estimate of drug-likeness (QED) is 0.448. The minimum Gasteiger partial charge on any atom is -0.482 e. The van der Waals surface area contributed by atoms with Gasteiger partial charge in [0.25, 0.3) is 5.91 Å². The minimum atomic E-state index is -0.451. The number of benzene rings is 3. The number of rotatable bonds is 10. The van der Waals surface area contributed by atoms with Gasteiger partial charge in [0.1, 0.15) is 12.4 Å². The Labute approximate surface area is 183 Å². The molecule has 160 valence electrons.